The molecule has 0 aliphatic heterocycles. The summed E-state index contributed by atoms with van der Waals surface area (Å²) in [7, 11) is 4.05. The number of nitrogens with one attached hydrogen (secondary N) is 1. The van der Waals surface area contributed by atoms with Gasteiger partial charge in [0.25, 0.3) is 0 Å². The van der Waals surface area contributed by atoms with E-state index in [-0.39, 0.29) is 0 Å². The van der Waals surface area contributed by atoms with Crippen molar-refractivity contribution in [3.8, 4) is 0 Å². The highest BCUT2D eigenvalue weighted by atomic mass is 32.2. The Morgan fingerprint density at radius 3 is 2.75 bits per heavy atom. The molecule has 0 fully saturated rings. The highest BCUT2D eigenvalue weighted by Crippen LogP contribution is 2.15. The summed E-state index contributed by atoms with van der Waals surface area (Å²) in [4.78, 5) is 6.70. The minimum atomic E-state index is 0.311. The maximum absolute atomic E-state index is 4.47. The van der Waals surface area contributed by atoms with E-state index >= 15 is 0 Å². The normalized spacial score (nSPS) is 12.5. The van der Waals surface area contributed by atoms with Crippen molar-refractivity contribution in [2.75, 3.05) is 37.5 Å². The molecule has 0 saturated heterocycles. The van der Waals surface area contributed by atoms with E-state index in [1.807, 2.05) is 25.0 Å². The average Bonchev–Trinajstić information content (AvgIpc) is 2.35. The Morgan fingerprint density at radius 1 is 1.50 bits per heavy atom. The quantitative estimate of drug-likeness (QED) is 0.823. The summed E-state index contributed by atoms with van der Waals surface area (Å²) in [6, 6.07) is 4.54. The molecule has 0 radical (unpaired) electrons. The van der Waals surface area contributed by atoms with Crippen LogP contribution in [0.2, 0.25) is 0 Å². The Hall–Kier alpha value is -0.740. The molecule has 4 heteroatoms. The smallest absolute Gasteiger partial charge is 0.0571 e. The maximum Gasteiger partial charge on any atom is 0.0571 e. The van der Waals surface area contributed by atoms with Gasteiger partial charge in [0.05, 0.1) is 17.6 Å². The van der Waals surface area contributed by atoms with Crippen LogP contribution in [0.25, 0.3) is 0 Å². The largest absolute Gasteiger partial charge is 0.373 e. The number of anilines is 1. The van der Waals surface area contributed by atoms with Gasteiger partial charge in [-0.2, -0.15) is 11.8 Å². The first-order valence-corrected chi connectivity index (χ1v) is 6.91. The number of hydrogen-bond acceptors (Lipinski definition) is 4. The summed E-state index contributed by atoms with van der Waals surface area (Å²) < 4.78 is 0. The third-order valence-electron chi connectivity index (χ3n) is 2.72. The van der Waals surface area contributed by atoms with E-state index in [2.05, 4.69) is 47.6 Å². The third-order valence-corrected chi connectivity index (χ3v) is 3.31. The first kappa shape index (κ1) is 13.3. The first-order valence-electron chi connectivity index (χ1n) is 5.52. The summed E-state index contributed by atoms with van der Waals surface area (Å²) in [5.41, 5.74) is 2.27. The predicted octanol–water partition coefficient (Wildman–Crippen LogP) is 2.16. The number of pyridine rings is 1. The second kappa shape index (κ2) is 6.76. The van der Waals surface area contributed by atoms with Crippen LogP contribution in [0.1, 0.15) is 18.7 Å². The molecule has 1 rings (SSSR count). The molecule has 0 aliphatic carbocycles. The summed E-state index contributed by atoms with van der Waals surface area (Å²) >= 11 is 1.86. The van der Waals surface area contributed by atoms with Gasteiger partial charge in [-0.05, 0) is 32.4 Å². The van der Waals surface area contributed by atoms with Crippen molar-refractivity contribution < 1.29 is 0 Å². The van der Waals surface area contributed by atoms with Crippen LogP contribution in [-0.4, -0.2) is 37.6 Å². The molecular weight excluding hydrogens is 218 g/mol. The van der Waals surface area contributed by atoms with Crippen LogP contribution in [0.15, 0.2) is 18.3 Å². The van der Waals surface area contributed by atoms with Gasteiger partial charge in [-0.25, -0.2) is 0 Å². The lowest BCUT2D eigenvalue weighted by Crippen LogP contribution is -2.21. The fourth-order valence-corrected chi connectivity index (χ4v) is 1.84. The Bertz CT molecular complexity index is 300. The van der Waals surface area contributed by atoms with Gasteiger partial charge < -0.3 is 10.2 Å². The standard InChI is InChI=1S/C12H21N3S/c1-10(13-2)12-6-5-11(9-14-12)15(3)7-8-16-4/h5-6,9-10,13H,7-8H2,1-4H3. The van der Waals surface area contributed by atoms with Gasteiger partial charge in [-0.15, -0.1) is 0 Å². The van der Waals surface area contributed by atoms with Crippen LogP contribution in [0.3, 0.4) is 0 Å². The molecule has 1 N–H and O–H groups in total. The lowest BCUT2D eigenvalue weighted by atomic mass is 10.2. The zero-order valence-corrected chi connectivity index (χ0v) is 11.3. The van der Waals surface area contributed by atoms with E-state index in [9.17, 15) is 0 Å². The highest BCUT2D eigenvalue weighted by Gasteiger charge is 2.05. The second-order valence-corrected chi connectivity index (χ2v) is 4.85. The van der Waals surface area contributed by atoms with E-state index in [0.717, 1.165) is 18.0 Å². The number of aromatic nitrogens is 1. The van der Waals surface area contributed by atoms with Gasteiger partial charge in [0.1, 0.15) is 0 Å². The number of hydrogen-bond donors (Lipinski definition) is 1. The highest BCUT2D eigenvalue weighted by molar-refractivity contribution is 7.98. The molecule has 1 aromatic heterocycles. The molecule has 1 aromatic rings. The molecule has 1 unspecified atom stereocenters. The summed E-state index contributed by atoms with van der Waals surface area (Å²) in [6.07, 6.45) is 4.08. The molecule has 0 bridgehead atoms. The molecule has 1 atom stereocenters. The van der Waals surface area contributed by atoms with Crippen molar-refractivity contribution in [2.45, 2.75) is 13.0 Å². The van der Waals surface area contributed by atoms with Gasteiger partial charge in [-0.1, -0.05) is 0 Å². The molecule has 0 aromatic carbocycles. The van der Waals surface area contributed by atoms with Gasteiger partial charge in [0, 0.05) is 25.4 Å². The Kier molecular flexibility index (Phi) is 5.63. The molecule has 0 amide bonds. The lowest BCUT2D eigenvalue weighted by molar-refractivity contribution is 0.633. The van der Waals surface area contributed by atoms with E-state index in [1.165, 1.54) is 5.69 Å². The van der Waals surface area contributed by atoms with Crippen LogP contribution in [0.4, 0.5) is 5.69 Å². The first-order chi connectivity index (χ1) is 7.69. The SMILES string of the molecule is CNC(C)c1ccc(N(C)CCSC)cn1. The van der Waals surface area contributed by atoms with Crippen molar-refractivity contribution in [3.63, 3.8) is 0 Å². The van der Waals surface area contributed by atoms with Gasteiger partial charge in [0.2, 0.25) is 0 Å². The zero-order chi connectivity index (χ0) is 12.0. The molecule has 0 spiro atoms. The van der Waals surface area contributed by atoms with Crippen LogP contribution < -0.4 is 10.2 Å². The molecule has 90 valence electrons. The minimum Gasteiger partial charge on any atom is -0.373 e. The maximum atomic E-state index is 4.47. The topological polar surface area (TPSA) is 28.2 Å². The molecule has 3 nitrogen and oxygen atoms in total. The minimum absolute atomic E-state index is 0.311. The monoisotopic (exact) mass is 239 g/mol. The van der Waals surface area contributed by atoms with Crippen LogP contribution in [0, 0.1) is 0 Å². The van der Waals surface area contributed by atoms with Crippen LogP contribution >= 0.6 is 11.8 Å². The second-order valence-electron chi connectivity index (χ2n) is 3.87. The van der Waals surface area contributed by atoms with Crippen LogP contribution in [0.5, 0.6) is 0 Å². The summed E-state index contributed by atoms with van der Waals surface area (Å²) in [6.45, 7) is 3.17. The third kappa shape index (κ3) is 3.68. The average molecular weight is 239 g/mol. The van der Waals surface area contributed by atoms with Gasteiger partial charge >= 0.3 is 0 Å². The van der Waals surface area contributed by atoms with E-state index in [0.29, 0.717) is 6.04 Å². The van der Waals surface area contributed by atoms with E-state index in [1.54, 1.807) is 0 Å². The Labute approximate surface area is 103 Å². The number of rotatable bonds is 6. The summed E-state index contributed by atoms with van der Waals surface area (Å²) in [5, 5.41) is 3.18. The fraction of sp³-hybridized carbons (Fsp3) is 0.583. The number of thioether (sulfide) groups is 1. The fourth-order valence-electron chi connectivity index (χ4n) is 1.38. The Balaban J connectivity index is 2.63. The van der Waals surface area contributed by atoms with Gasteiger partial charge in [0.15, 0.2) is 0 Å². The van der Waals surface area contributed by atoms with Crippen molar-refractivity contribution in [2.24, 2.45) is 0 Å². The van der Waals surface area contributed by atoms with Crippen molar-refractivity contribution >= 4 is 17.4 Å². The molecule has 0 saturated carbocycles. The molecular formula is C12H21N3S. The van der Waals surface area contributed by atoms with Gasteiger partial charge in [-0.3, -0.25) is 4.98 Å². The summed E-state index contributed by atoms with van der Waals surface area (Å²) in [5.74, 6) is 1.14. The van der Waals surface area contributed by atoms with E-state index in [4.69, 9.17) is 0 Å². The zero-order valence-electron chi connectivity index (χ0n) is 10.5. The van der Waals surface area contributed by atoms with Crippen LogP contribution in [-0.2, 0) is 0 Å². The molecule has 16 heavy (non-hydrogen) atoms. The molecule has 0 aliphatic rings. The number of nitrogens with zero attached hydrogens (tertiary/aromatic N) is 2. The molecule has 1 heterocycles. The van der Waals surface area contributed by atoms with E-state index < -0.39 is 0 Å². The van der Waals surface area contributed by atoms with Crippen molar-refractivity contribution in [3.05, 3.63) is 24.0 Å². The van der Waals surface area contributed by atoms with Crippen molar-refractivity contribution in [1.82, 2.24) is 10.3 Å². The Morgan fingerprint density at radius 2 is 2.25 bits per heavy atom. The lowest BCUT2D eigenvalue weighted by Gasteiger charge is -2.19. The van der Waals surface area contributed by atoms with Crippen molar-refractivity contribution in [1.29, 1.82) is 0 Å². The predicted molar refractivity (Wildman–Crippen MR) is 73.4 cm³/mol.